The van der Waals surface area contributed by atoms with Crippen molar-refractivity contribution in [3.05, 3.63) is 52.5 Å². The Balaban J connectivity index is 1.57. The monoisotopic (exact) mass is 456 g/mol. The molecule has 1 aliphatic carbocycles. The van der Waals surface area contributed by atoms with E-state index in [1.165, 1.54) is 17.5 Å². The van der Waals surface area contributed by atoms with Crippen molar-refractivity contribution < 1.29 is 19.4 Å². The normalized spacial score (nSPS) is 23.2. The summed E-state index contributed by atoms with van der Waals surface area (Å²) >= 11 is 1.37. The lowest BCUT2D eigenvalue weighted by atomic mass is 9.72. The second-order valence-corrected chi connectivity index (χ2v) is 9.62. The number of thiazole rings is 1. The number of rotatable bonds is 5. The van der Waals surface area contributed by atoms with E-state index >= 15 is 0 Å². The molecule has 9 heteroatoms. The van der Waals surface area contributed by atoms with Crippen LogP contribution in [0.5, 0.6) is 0 Å². The zero-order chi connectivity index (χ0) is 23.0. The highest BCUT2D eigenvalue weighted by Gasteiger charge is 2.43. The van der Waals surface area contributed by atoms with Crippen LogP contribution in [0, 0.1) is 31.5 Å². The van der Waals surface area contributed by atoms with Gasteiger partial charge < -0.3 is 15.5 Å². The third kappa shape index (κ3) is 4.49. The number of hydrogen-bond acceptors (Lipinski definition) is 7. The molecule has 4 rings (SSSR count). The van der Waals surface area contributed by atoms with Gasteiger partial charge in [-0.05, 0) is 68.4 Å². The first-order valence-corrected chi connectivity index (χ1v) is 11.3. The van der Waals surface area contributed by atoms with Gasteiger partial charge in [-0.25, -0.2) is 19.3 Å². The smallest absolute Gasteiger partial charge is 0.306 e. The first-order chi connectivity index (χ1) is 15.1. The Bertz CT molecular complexity index is 1170. The fraction of sp³-hybridized carbons (Fsp3) is 0.391. The largest absolute Gasteiger partial charge is 0.481 e. The minimum atomic E-state index is -1.13. The van der Waals surface area contributed by atoms with Crippen molar-refractivity contribution in [3.8, 4) is 10.6 Å². The molecule has 3 aromatic heterocycles. The lowest BCUT2D eigenvalue weighted by molar-refractivity contribution is -0.148. The van der Waals surface area contributed by atoms with Gasteiger partial charge in [-0.15, -0.1) is 11.3 Å². The Morgan fingerprint density at radius 2 is 2.00 bits per heavy atom. The van der Waals surface area contributed by atoms with Crippen LogP contribution in [0.25, 0.3) is 10.6 Å². The van der Waals surface area contributed by atoms with Crippen LogP contribution in [0.3, 0.4) is 0 Å². The predicted molar refractivity (Wildman–Crippen MR) is 120 cm³/mol. The molecule has 168 valence electrons. The molecule has 7 nitrogen and oxygen atoms in total. The predicted octanol–water partition coefficient (Wildman–Crippen LogP) is 4.81. The summed E-state index contributed by atoms with van der Waals surface area (Å²) in [5.41, 5.74) is 1.03. The van der Waals surface area contributed by atoms with Crippen LogP contribution in [-0.4, -0.2) is 31.1 Å². The van der Waals surface area contributed by atoms with Crippen molar-refractivity contribution in [2.45, 2.75) is 45.6 Å². The molecule has 3 atom stereocenters. The molecule has 1 fully saturated rings. The minimum absolute atomic E-state index is 0.141. The summed E-state index contributed by atoms with van der Waals surface area (Å²) in [5.74, 6) is -0.688. The maximum Gasteiger partial charge on any atom is 0.306 e. The Morgan fingerprint density at radius 3 is 2.69 bits per heavy atom. The lowest BCUT2D eigenvalue weighted by Crippen LogP contribution is -2.38. The topological polar surface area (TPSA) is 108 Å². The van der Waals surface area contributed by atoms with Crippen molar-refractivity contribution in [2.24, 2.45) is 11.8 Å². The number of carbonyl (C=O) groups is 1. The molecular formula is C23H25FN4O3S. The van der Waals surface area contributed by atoms with Gasteiger partial charge in [0.2, 0.25) is 0 Å². The van der Waals surface area contributed by atoms with Crippen molar-refractivity contribution in [1.82, 2.24) is 15.0 Å². The standard InChI is InChI=1S/C23H25FN4O3S/c1-12-6-17(27-20(7-12)28-19-8-13(2)16(24)10-25-19)18-11-26-22(32-18)23(31)5-4-15(21(29)30)14(3)9-23/h6-8,10-11,14-15,31H,4-5,9H2,1-3H3,(H,29,30)(H,25,27,28)/t14-,15+,23?/m1/s1. The van der Waals surface area contributed by atoms with Crippen LogP contribution < -0.4 is 5.32 Å². The Kier molecular flexibility index (Phi) is 5.96. The second-order valence-electron chi connectivity index (χ2n) is 8.58. The number of carboxylic acid groups (broad SMARTS) is 1. The second kappa shape index (κ2) is 8.55. The van der Waals surface area contributed by atoms with Gasteiger partial charge in [0.25, 0.3) is 0 Å². The van der Waals surface area contributed by atoms with Gasteiger partial charge in [-0.1, -0.05) is 6.92 Å². The van der Waals surface area contributed by atoms with Crippen molar-refractivity contribution in [1.29, 1.82) is 0 Å². The molecule has 1 aliphatic rings. The van der Waals surface area contributed by atoms with Gasteiger partial charge in [-0.2, -0.15) is 0 Å². The number of anilines is 2. The quantitative estimate of drug-likeness (QED) is 0.506. The number of nitrogens with zero attached hydrogens (tertiary/aromatic N) is 3. The Hall–Kier alpha value is -2.91. The van der Waals surface area contributed by atoms with E-state index in [1.807, 2.05) is 26.0 Å². The average Bonchev–Trinajstić information content (AvgIpc) is 3.21. The molecule has 0 saturated heterocycles. The first kappa shape index (κ1) is 22.3. The molecule has 3 heterocycles. The van der Waals surface area contributed by atoms with Crippen molar-refractivity contribution in [2.75, 3.05) is 5.32 Å². The Labute approximate surface area is 189 Å². The summed E-state index contributed by atoms with van der Waals surface area (Å²) in [7, 11) is 0. The highest BCUT2D eigenvalue weighted by atomic mass is 32.1. The van der Waals surface area contributed by atoms with Gasteiger partial charge in [-0.3, -0.25) is 4.79 Å². The van der Waals surface area contributed by atoms with Gasteiger partial charge in [0.15, 0.2) is 0 Å². The van der Waals surface area contributed by atoms with Crippen LogP contribution in [0.4, 0.5) is 16.0 Å². The molecule has 32 heavy (non-hydrogen) atoms. The number of aryl methyl sites for hydroxylation is 2. The molecule has 0 aliphatic heterocycles. The molecular weight excluding hydrogens is 431 g/mol. The van der Waals surface area contributed by atoms with E-state index in [-0.39, 0.29) is 11.7 Å². The van der Waals surface area contributed by atoms with Crippen LogP contribution in [0.1, 0.15) is 42.3 Å². The highest BCUT2D eigenvalue weighted by Crippen LogP contribution is 2.45. The molecule has 3 N–H and O–H groups in total. The first-order valence-electron chi connectivity index (χ1n) is 10.4. The number of aromatic nitrogens is 3. The van der Waals surface area contributed by atoms with E-state index in [0.29, 0.717) is 47.2 Å². The van der Waals surface area contributed by atoms with Crippen molar-refractivity contribution >= 4 is 28.9 Å². The summed E-state index contributed by atoms with van der Waals surface area (Å²) in [6.45, 7) is 5.48. The minimum Gasteiger partial charge on any atom is -0.481 e. The molecule has 1 unspecified atom stereocenters. The molecule has 0 radical (unpaired) electrons. The number of nitrogens with one attached hydrogen (secondary N) is 1. The zero-order valence-electron chi connectivity index (χ0n) is 18.1. The van der Waals surface area contributed by atoms with Crippen LogP contribution in [0.2, 0.25) is 0 Å². The SMILES string of the molecule is Cc1cc(Nc2cc(C)c(F)cn2)nc(-c2cnc(C3(O)CC[C@H](C(=O)O)[C@H](C)C3)s2)c1. The Morgan fingerprint density at radius 1 is 1.22 bits per heavy atom. The van der Waals surface area contributed by atoms with E-state index in [2.05, 4.69) is 20.3 Å². The highest BCUT2D eigenvalue weighted by molar-refractivity contribution is 7.15. The average molecular weight is 457 g/mol. The van der Waals surface area contributed by atoms with Crippen LogP contribution in [0.15, 0.2) is 30.6 Å². The van der Waals surface area contributed by atoms with E-state index in [0.717, 1.165) is 10.4 Å². The molecule has 0 spiro atoms. The maximum absolute atomic E-state index is 13.5. The number of aliphatic hydroxyl groups is 1. The summed E-state index contributed by atoms with van der Waals surface area (Å²) in [6.07, 6.45) is 4.01. The van der Waals surface area contributed by atoms with E-state index in [9.17, 15) is 19.4 Å². The number of aliphatic carboxylic acids is 1. The summed E-state index contributed by atoms with van der Waals surface area (Å²) < 4.78 is 13.5. The summed E-state index contributed by atoms with van der Waals surface area (Å²) in [4.78, 5) is 25.4. The van der Waals surface area contributed by atoms with Crippen LogP contribution in [-0.2, 0) is 10.4 Å². The molecule has 1 saturated carbocycles. The van der Waals surface area contributed by atoms with E-state index in [4.69, 9.17) is 0 Å². The number of carboxylic acids is 1. The van der Waals surface area contributed by atoms with Crippen LogP contribution >= 0.6 is 11.3 Å². The third-order valence-electron chi connectivity index (χ3n) is 5.96. The summed E-state index contributed by atoms with van der Waals surface area (Å²) in [6, 6.07) is 5.42. The number of hydrogen-bond donors (Lipinski definition) is 3. The maximum atomic E-state index is 13.5. The third-order valence-corrected chi connectivity index (χ3v) is 7.17. The molecule has 0 amide bonds. The zero-order valence-corrected chi connectivity index (χ0v) is 18.9. The van der Waals surface area contributed by atoms with Gasteiger partial charge in [0.1, 0.15) is 28.1 Å². The number of pyridine rings is 2. The fourth-order valence-electron chi connectivity index (χ4n) is 4.22. The van der Waals surface area contributed by atoms with E-state index in [1.54, 1.807) is 19.2 Å². The van der Waals surface area contributed by atoms with Crippen molar-refractivity contribution in [3.63, 3.8) is 0 Å². The molecule has 3 aromatic rings. The molecule has 0 bridgehead atoms. The lowest BCUT2D eigenvalue weighted by Gasteiger charge is -2.37. The summed E-state index contributed by atoms with van der Waals surface area (Å²) in [5, 5.41) is 24.3. The van der Waals surface area contributed by atoms with Gasteiger partial charge >= 0.3 is 5.97 Å². The number of halogens is 1. The van der Waals surface area contributed by atoms with Gasteiger partial charge in [0.05, 0.1) is 22.7 Å². The van der Waals surface area contributed by atoms with E-state index < -0.39 is 17.5 Å². The van der Waals surface area contributed by atoms with Gasteiger partial charge in [0, 0.05) is 6.20 Å². The fourth-order valence-corrected chi connectivity index (χ4v) is 5.22. The molecule has 0 aromatic carbocycles.